The highest BCUT2D eigenvalue weighted by atomic mass is 16.3. The van der Waals surface area contributed by atoms with Gasteiger partial charge < -0.3 is 8.98 Å². The molecule has 0 spiro atoms. The van der Waals surface area contributed by atoms with E-state index in [1.807, 2.05) is 24.7 Å². The molecule has 0 aliphatic carbocycles. The van der Waals surface area contributed by atoms with E-state index in [4.69, 9.17) is 4.42 Å². The number of rotatable bonds is 2. The predicted molar refractivity (Wildman–Crippen MR) is 90.1 cm³/mol. The number of fused-ring (bicyclic) bond motifs is 4. The van der Waals surface area contributed by atoms with Crippen LogP contribution in [0.2, 0.25) is 0 Å². The van der Waals surface area contributed by atoms with E-state index in [1.54, 1.807) is 0 Å². The number of aromatic nitrogens is 2. The number of hydrogen-bond donors (Lipinski definition) is 0. The van der Waals surface area contributed by atoms with E-state index in [0.717, 1.165) is 37.3 Å². The van der Waals surface area contributed by atoms with Gasteiger partial charge >= 0.3 is 0 Å². The van der Waals surface area contributed by atoms with Crippen LogP contribution in [0.25, 0.3) is 21.9 Å². The molecule has 1 aliphatic rings. The van der Waals surface area contributed by atoms with Gasteiger partial charge in [0.15, 0.2) is 0 Å². The smallest absolute Gasteiger partial charge is 0.139 e. The molecule has 0 amide bonds. The van der Waals surface area contributed by atoms with Crippen LogP contribution in [0.3, 0.4) is 0 Å². The molecule has 0 saturated heterocycles. The molecule has 3 heterocycles. The summed E-state index contributed by atoms with van der Waals surface area (Å²) in [4.78, 5) is 6.70. The number of imidazole rings is 1. The fourth-order valence-corrected chi connectivity index (χ4v) is 3.54. The Morgan fingerprint density at radius 3 is 2.91 bits per heavy atom. The topological polar surface area (TPSA) is 34.2 Å². The number of para-hydroxylation sites is 2. The standard InChI is InChI=1S/C19H17N3O/c1-2-7-18-16(5-1)17-6-3-4-14(19(17)23-18)11-21-8-9-22-13-20-10-15(22)12-21/h1-7,10,13H,8-9,11-12H2. The quantitative estimate of drug-likeness (QED) is 0.565. The van der Waals surface area contributed by atoms with Crippen molar-refractivity contribution >= 4 is 21.9 Å². The Morgan fingerprint density at radius 1 is 1.00 bits per heavy atom. The summed E-state index contributed by atoms with van der Waals surface area (Å²) in [5, 5.41) is 2.40. The zero-order valence-electron chi connectivity index (χ0n) is 12.8. The Hall–Kier alpha value is -2.59. The first-order valence-electron chi connectivity index (χ1n) is 7.99. The first-order chi connectivity index (χ1) is 11.4. The predicted octanol–water partition coefficient (Wildman–Crippen LogP) is 3.80. The fourth-order valence-electron chi connectivity index (χ4n) is 3.54. The molecule has 4 aromatic rings. The highest BCUT2D eigenvalue weighted by Crippen LogP contribution is 2.31. The second kappa shape index (κ2) is 4.96. The van der Waals surface area contributed by atoms with Crippen LogP contribution in [0.15, 0.2) is 59.4 Å². The first-order valence-corrected chi connectivity index (χ1v) is 7.99. The van der Waals surface area contributed by atoms with Crippen LogP contribution in [-0.2, 0) is 19.6 Å². The van der Waals surface area contributed by atoms with Gasteiger partial charge in [-0.05, 0) is 6.07 Å². The van der Waals surface area contributed by atoms with E-state index >= 15 is 0 Å². The fraction of sp³-hybridized carbons (Fsp3) is 0.211. The van der Waals surface area contributed by atoms with Gasteiger partial charge in [0.25, 0.3) is 0 Å². The van der Waals surface area contributed by atoms with Crippen molar-refractivity contribution in [3.63, 3.8) is 0 Å². The summed E-state index contributed by atoms with van der Waals surface area (Å²) in [5.74, 6) is 0. The monoisotopic (exact) mass is 303 g/mol. The van der Waals surface area contributed by atoms with Crippen molar-refractivity contribution in [3.05, 3.63) is 66.2 Å². The van der Waals surface area contributed by atoms with Crippen molar-refractivity contribution in [1.82, 2.24) is 14.5 Å². The second-order valence-electron chi connectivity index (χ2n) is 6.18. The highest BCUT2D eigenvalue weighted by molar-refractivity contribution is 6.05. The third-order valence-corrected chi connectivity index (χ3v) is 4.72. The average molecular weight is 303 g/mol. The van der Waals surface area contributed by atoms with Gasteiger partial charge in [0.1, 0.15) is 11.2 Å². The second-order valence-corrected chi connectivity index (χ2v) is 6.18. The lowest BCUT2D eigenvalue weighted by molar-refractivity contribution is 0.213. The number of hydrogen-bond acceptors (Lipinski definition) is 3. The summed E-state index contributed by atoms with van der Waals surface area (Å²) in [6.45, 7) is 3.89. The summed E-state index contributed by atoms with van der Waals surface area (Å²) in [7, 11) is 0. The Balaban J connectivity index is 1.53. The van der Waals surface area contributed by atoms with Crippen molar-refractivity contribution in [3.8, 4) is 0 Å². The van der Waals surface area contributed by atoms with Crippen LogP contribution in [-0.4, -0.2) is 21.0 Å². The Bertz CT molecular complexity index is 998. The minimum absolute atomic E-state index is 0.905. The van der Waals surface area contributed by atoms with Gasteiger partial charge in [0, 0.05) is 48.7 Å². The van der Waals surface area contributed by atoms with E-state index in [2.05, 4.69) is 44.8 Å². The molecular formula is C19H17N3O. The molecular weight excluding hydrogens is 286 g/mol. The molecule has 0 unspecified atom stereocenters. The molecule has 0 bridgehead atoms. The van der Waals surface area contributed by atoms with Gasteiger partial charge in [0.2, 0.25) is 0 Å². The average Bonchev–Trinajstić information content (AvgIpc) is 3.19. The molecule has 23 heavy (non-hydrogen) atoms. The maximum absolute atomic E-state index is 6.14. The molecule has 0 radical (unpaired) electrons. The van der Waals surface area contributed by atoms with Gasteiger partial charge in [-0.15, -0.1) is 0 Å². The zero-order valence-corrected chi connectivity index (χ0v) is 12.8. The molecule has 114 valence electrons. The summed E-state index contributed by atoms with van der Waals surface area (Å²) in [5.41, 5.74) is 4.53. The van der Waals surface area contributed by atoms with Crippen LogP contribution in [0.1, 0.15) is 11.3 Å². The number of furan rings is 1. The normalized spacial score (nSPS) is 15.3. The van der Waals surface area contributed by atoms with Gasteiger partial charge in [-0.3, -0.25) is 4.90 Å². The van der Waals surface area contributed by atoms with E-state index in [-0.39, 0.29) is 0 Å². The van der Waals surface area contributed by atoms with Crippen LogP contribution in [0, 0.1) is 0 Å². The third kappa shape index (κ3) is 2.06. The van der Waals surface area contributed by atoms with Crippen LogP contribution < -0.4 is 0 Å². The molecule has 5 rings (SSSR count). The van der Waals surface area contributed by atoms with Gasteiger partial charge in [0.05, 0.1) is 12.0 Å². The summed E-state index contributed by atoms with van der Waals surface area (Å²) >= 11 is 0. The Kier molecular flexibility index (Phi) is 2.78. The first kappa shape index (κ1) is 12.9. The van der Waals surface area contributed by atoms with E-state index < -0.39 is 0 Å². The lowest BCUT2D eigenvalue weighted by Gasteiger charge is -2.27. The van der Waals surface area contributed by atoms with Crippen molar-refractivity contribution in [2.24, 2.45) is 0 Å². The zero-order chi connectivity index (χ0) is 15.2. The third-order valence-electron chi connectivity index (χ3n) is 4.72. The van der Waals surface area contributed by atoms with Gasteiger partial charge in [-0.25, -0.2) is 4.98 Å². The molecule has 0 saturated carbocycles. The molecule has 0 N–H and O–H groups in total. The minimum Gasteiger partial charge on any atom is -0.456 e. The van der Waals surface area contributed by atoms with Crippen LogP contribution in [0.4, 0.5) is 0 Å². The summed E-state index contributed by atoms with van der Waals surface area (Å²) in [6, 6.07) is 14.7. The summed E-state index contributed by atoms with van der Waals surface area (Å²) < 4.78 is 8.37. The number of benzene rings is 2. The lowest BCUT2D eigenvalue weighted by Crippen LogP contribution is -2.32. The molecule has 0 fully saturated rings. The summed E-state index contributed by atoms with van der Waals surface area (Å²) in [6.07, 6.45) is 3.89. The molecule has 4 nitrogen and oxygen atoms in total. The molecule has 4 heteroatoms. The lowest BCUT2D eigenvalue weighted by atomic mass is 10.1. The van der Waals surface area contributed by atoms with Crippen LogP contribution >= 0.6 is 0 Å². The maximum atomic E-state index is 6.14. The van der Waals surface area contributed by atoms with E-state index in [0.29, 0.717) is 0 Å². The maximum Gasteiger partial charge on any atom is 0.139 e. The van der Waals surface area contributed by atoms with E-state index in [1.165, 1.54) is 22.0 Å². The molecule has 2 aromatic heterocycles. The van der Waals surface area contributed by atoms with E-state index in [9.17, 15) is 0 Å². The van der Waals surface area contributed by atoms with Crippen LogP contribution in [0.5, 0.6) is 0 Å². The minimum atomic E-state index is 0.905. The Morgan fingerprint density at radius 2 is 1.91 bits per heavy atom. The highest BCUT2D eigenvalue weighted by Gasteiger charge is 2.18. The largest absolute Gasteiger partial charge is 0.456 e. The van der Waals surface area contributed by atoms with Crippen molar-refractivity contribution in [2.45, 2.75) is 19.6 Å². The van der Waals surface area contributed by atoms with Gasteiger partial charge in [-0.1, -0.05) is 36.4 Å². The Labute approximate surface area is 133 Å². The van der Waals surface area contributed by atoms with Crippen molar-refractivity contribution in [2.75, 3.05) is 6.54 Å². The molecule has 0 atom stereocenters. The number of nitrogens with zero attached hydrogens (tertiary/aromatic N) is 3. The SMILES string of the molecule is c1ccc2c(c1)oc1c(CN3CCn4cncc4C3)cccc12. The molecule has 1 aliphatic heterocycles. The molecule has 2 aromatic carbocycles. The van der Waals surface area contributed by atoms with Crippen molar-refractivity contribution < 1.29 is 4.42 Å². The van der Waals surface area contributed by atoms with Gasteiger partial charge in [-0.2, -0.15) is 0 Å². The van der Waals surface area contributed by atoms with Crippen molar-refractivity contribution in [1.29, 1.82) is 0 Å².